The van der Waals surface area contributed by atoms with Gasteiger partial charge in [-0.05, 0) is 24.7 Å². The fourth-order valence-corrected chi connectivity index (χ4v) is 2.52. The Kier molecular flexibility index (Phi) is 7.53. The predicted molar refractivity (Wildman–Crippen MR) is 78.3 cm³/mol. The molecule has 0 saturated heterocycles. The minimum absolute atomic E-state index is 0.0427. The number of amides is 1. The molecule has 3 N–H and O–H groups in total. The van der Waals surface area contributed by atoms with Crippen LogP contribution in [-0.4, -0.2) is 18.0 Å². The Balaban J connectivity index is 4.11. The van der Waals surface area contributed by atoms with Gasteiger partial charge in [0.05, 0.1) is 0 Å². The van der Waals surface area contributed by atoms with E-state index in [0.29, 0.717) is 12.3 Å². The molecule has 0 aromatic heterocycles. The molecule has 0 bridgehead atoms. The zero-order chi connectivity index (χ0) is 14.3. The molecule has 0 saturated carbocycles. The quantitative estimate of drug-likeness (QED) is 0.735. The number of hydrogen-bond donors (Lipinski definition) is 2. The second-order valence-corrected chi connectivity index (χ2v) is 6.66. The first-order valence-electron chi connectivity index (χ1n) is 7.24. The van der Waals surface area contributed by atoms with Gasteiger partial charge in [0, 0.05) is 18.5 Å². The summed E-state index contributed by atoms with van der Waals surface area (Å²) in [6, 6.07) is 0.202. The molecule has 0 aromatic rings. The Bertz CT molecular complexity index is 241. The number of carbonyl (C=O) groups excluding carboxylic acids is 1. The van der Waals surface area contributed by atoms with Gasteiger partial charge in [0.2, 0.25) is 5.91 Å². The molecule has 3 nitrogen and oxygen atoms in total. The molecule has 0 spiro atoms. The Morgan fingerprint density at radius 3 is 2.11 bits per heavy atom. The number of carbonyl (C=O) groups is 1. The third-order valence-corrected chi connectivity index (χ3v) is 3.47. The van der Waals surface area contributed by atoms with Crippen molar-refractivity contribution < 1.29 is 4.79 Å². The fourth-order valence-electron chi connectivity index (χ4n) is 2.52. The summed E-state index contributed by atoms with van der Waals surface area (Å²) in [5.41, 5.74) is 6.20. The average Bonchev–Trinajstić information content (AvgIpc) is 2.15. The van der Waals surface area contributed by atoms with E-state index in [0.717, 1.165) is 19.3 Å². The van der Waals surface area contributed by atoms with Gasteiger partial charge in [-0.25, -0.2) is 0 Å². The van der Waals surface area contributed by atoms with Gasteiger partial charge in [0.1, 0.15) is 0 Å². The topological polar surface area (TPSA) is 55.1 Å². The molecule has 0 aliphatic carbocycles. The van der Waals surface area contributed by atoms with Crippen LogP contribution in [0.15, 0.2) is 0 Å². The molecule has 0 radical (unpaired) electrons. The Morgan fingerprint density at radius 1 is 1.22 bits per heavy atom. The third kappa shape index (κ3) is 7.70. The molecule has 108 valence electrons. The summed E-state index contributed by atoms with van der Waals surface area (Å²) in [6.07, 6.45) is 3.51. The van der Waals surface area contributed by atoms with Crippen molar-refractivity contribution in [2.75, 3.05) is 0 Å². The minimum atomic E-state index is -0.0427. The first-order chi connectivity index (χ1) is 8.19. The molecular formula is C15H32N2O. The molecule has 0 heterocycles. The molecule has 2 unspecified atom stereocenters. The highest BCUT2D eigenvalue weighted by molar-refractivity contribution is 5.76. The first kappa shape index (κ1) is 17.4. The summed E-state index contributed by atoms with van der Waals surface area (Å²) in [6.45, 7) is 12.9. The summed E-state index contributed by atoms with van der Waals surface area (Å²) >= 11 is 0. The molecule has 0 rings (SSSR count). The number of hydrogen-bond acceptors (Lipinski definition) is 2. The van der Waals surface area contributed by atoms with Crippen molar-refractivity contribution >= 4 is 5.91 Å². The third-order valence-electron chi connectivity index (χ3n) is 3.47. The monoisotopic (exact) mass is 256 g/mol. The van der Waals surface area contributed by atoms with E-state index in [1.807, 2.05) is 0 Å². The van der Waals surface area contributed by atoms with Crippen LogP contribution in [0.4, 0.5) is 0 Å². The van der Waals surface area contributed by atoms with Crippen molar-refractivity contribution in [1.82, 2.24) is 5.32 Å². The van der Waals surface area contributed by atoms with Gasteiger partial charge >= 0.3 is 0 Å². The SMILES string of the molecule is CCC(CC)C(C)NC(=O)CC(N)CC(C)(C)C. The van der Waals surface area contributed by atoms with Gasteiger partial charge in [0.25, 0.3) is 0 Å². The van der Waals surface area contributed by atoms with E-state index in [4.69, 9.17) is 5.73 Å². The van der Waals surface area contributed by atoms with E-state index in [-0.39, 0.29) is 23.4 Å². The molecule has 18 heavy (non-hydrogen) atoms. The molecular weight excluding hydrogens is 224 g/mol. The maximum Gasteiger partial charge on any atom is 0.221 e. The molecule has 0 fully saturated rings. The minimum Gasteiger partial charge on any atom is -0.353 e. The van der Waals surface area contributed by atoms with E-state index in [2.05, 4.69) is 46.9 Å². The summed E-state index contributed by atoms with van der Waals surface area (Å²) < 4.78 is 0. The smallest absolute Gasteiger partial charge is 0.221 e. The summed E-state index contributed by atoms with van der Waals surface area (Å²) in [7, 11) is 0. The number of rotatable bonds is 7. The van der Waals surface area contributed by atoms with Gasteiger partial charge in [-0.1, -0.05) is 47.5 Å². The van der Waals surface area contributed by atoms with Crippen LogP contribution in [0.5, 0.6) is 0 Å². The van der Waals surface area contributed by atoms with Gasteiger partial charge in [0.15, 0.2) is 0 Å². The molecule has 0 aromatic carbocycles. The van der Waals surface area contributed by atoms with Crippen LogP contribution < -0.4 is 11.1 Å². The average molecular weight is 256 g/mol. The maximum atomic E-state index is 11.9. The Hall–Kier alpha value is -0.570. The Labute approximate surface area is 113 Å². The number of nitrogens with one attached hydrogen (secondary N) is 1. The van der Waals surface area contributed by atoms with Gasteiger partial charge in [-0.15, -0.1) is 0 Å². The zero-order valence-electron chi connectivity index (χ0n) is 13.0. The maximum absolute atomic E-state index is 11.9. The van der Waals surface area contributed by atoms with Crippen molar-refractivity contribution in [1.29, 1.82) is 0 Å². The van der Waals surface area contributed by atoms with Crippen LogP contribution in [0, 0.1) is 11.3 Å². The number of nitrogens with two attached hydrogens (primary N) is 1. The van der Waals surface area contributed by atoms with Crippen molar-refractivity contribution in [2.24, 2.45) is 17.1 Å². The normalized spacial score (nSPS) is 15.6. The first-order valence-corrected chi connectivity index (χ1v) is 7.24. The van der Waals surface area contributed by atoms with Gasteiger partial charge in [-0.3, -0.25) is 4.79 Å². The van der Waals surface area contributed by atoms with Crippen molar-refractivity contribution in [3.63, 3.8) is 0 Å². The molecule has 0 aliphatic rings. The second kappa shape index (κ2) is 7.78. The van der Waals surface area contributed by atoms with E-state index in [1.165, 1.54) is 0 Å². The standard InChI is InChI=1S/C15H32N2O/c1-7-12(8-2)11(3)17-14(18)9-13(16)10-15(4,5)6/h11-13H,7-10,16H2,1-6H3,(H,17,18). The van der Waals surface area contributed by atoms with Crippen LogP contribution in [0.25, 0.3) is 0 Å². The van der Waals surface area contributed by atoms with Crippen LogP contribution in [0.2, 0.25) is 0 Å². The molecule has 2 atom stereocenters. The van der Waals surface area contributed by atoms with Crippen LogP contribution >= 0.6 is 0 Å². The van der Waals surface area contributed by atoms with Crippen molar-refractivity contribution in [3.8, 4) is 0 Å². The molecule has 0 aliphatic heterocycles. The highest BCUT2D eigenvalue weighted by atomic mass is 16.1. The lowest BCUT2D eigenvalue weighted by Crippen LogP contribution is -2.41. The summed E-state index contributed by atoms with van der Waals surface area (Å²) in [5.74, 6) is 0.652. The Morgan fingerprint density at radius 2 is 1.72 bits per heavy atom. The largest absolute Gasteiger partial charge is 0.353 e. The lowest BCUT2D eigenvalue weighted by atomic mass is 9.87. The van der Waals surface area contributed by atoms with Crippen LogP contribution in [0.1, 0.15) is 67.2 Å². The van der Waals surface area contributed by atoms with Crippen molar-refractivity contribution in [3.05, 3.63) is 0 Å². The van der Waals surface area contributed by atoms with E-state index in [1.54, 1.807) is 0 Å². The molecule has 1 amide bonds. The van der Waals surface area contributed by atoms with E-state index >= 15 is 0 Å². The van der Waals surface area contributed by atoms with E-state index < -0.39 is 0 Å². The van der Waals surface area contributed by atoms with E-state index in [9.17, 15) is 4.79 Å². The summed E-state index contributed by atoms with van der Waals surface area (Å²) in [4.78, 5) is 11.9. The lowest BCUT2D eigenvalue weighted by molar-refractivity contribution is -0.122. The second-order valence-electron chi connectivity index (χ2n) is 6.66. The highest BCUT2D eigenvalue weighted by Gasteiger charge is 2.20. The predicted octanol–water partition coefficient (Wildman–Crippen LogP) is 3.08. The van der Waals surface area contributed by atoms with Crippen LogP contribution in [0.3, 0.4) is 0 Å². The lowest BCUT2D eigenvalue weighted by Gasteiger charge is -2.25. The van der Waals surface area contributed by atoms with Crippen LogP contribution in [-0.2, 0) is 4.79 Å². The zero-order valence-corrected chi connectivity index (χ0v) is 13.0. The molecule has 3 heteroatoms. The highest BCUT2D eigenvalue weighted by Crippen LogP contribution is 2.21. The van der Waals surface area contributed by atoms with Gasteiger partial charge in [-0.2, -0.15) is 0 Å². The fraction of sp³-hybridized carbons (Fsp3) is 0.933. The van der Waals surface area contributed by atoms with Gasteiger partial charge < -0.3 is 11.1 Å². The van der Waals surface area contributed by atoms with Crippen molar-refractivity contribution in [2.45, 2.75) is 79.3 Å². The summed E-state index contributed by atoms with van der Waals surface area (Å²) in [5, 5.41) is 3.08.